The molecule has 3 rings (SSSR count). The number of ether oxygens (including phenoxy) is 1. The highest BCUT2D eigenvalue weighted by Gasteiger charge is 2.25. The van der Waals surface area contributed by atoms with Crippen LogP contribution >= 0.6 is 11.3 Å². The second-order valence-electron chi connectivity index (χ2n) is 7.03. The quantitative estimate of drug-likeness (QED) is 0.352. The maximum Gasteiger partial charge on any atom is 0.341 e. The van der Waals surface area contributed by atoms with Crippen molar-refractivity contribution in [3.8, 4) is 11.1 Å². The van der Waals surface area contributed by atoms with Gasteiger partial charge in [0.25, 0.3) is 5.91 Å². The number of rotatable bonds is 6. The molecule has 0 aliphatic rings. The fourth-order valence-corrected chi connectivity index (χ4v) is 3.94. The Kier molecular flexibility index (Phi) is 6.80. The van der Waals surface area contributed by atoms with Gasteiger partial charge in [-0.05, 0) is 36.1 Å². The van der Waals surface area contributed by atoms with E-state index in [1.165, 1.54) is 0 Å². The highest BCUT2D eigenvalue weighted by Crippen LogP contribution is 2.37. The number of carbonyl (C=O) groups is 2. The number of anilines is 1. The third-order valence-electron chi connectivity index (χ3n) is 4.67. The maximum absolute atomic E-state index is 14.0. The molecule has 0 saturated heterocycles. The summed E-state index contributed by atoms with van der Waals surface area (Å²) in [6.45, 7) is 5.89. The summed E-state index contributed by atoms with van der Waals surface area (Å²) in [5.41, 5.74) is 1.84. The molecule has 0 radical (unpaired) electrons. The van der Waals surface area contributed by atoms with Crippen LogP contribution in [0.25, 0.3) is 11.1 Å². The summed E-state index contributed by atoms with van der Waals surface area (Å²) in [5.74, 6) is -6.07. The molecular formula is C23H20F3NO3S. The van der Waals surface area contributed by atoms with Gasteiger partial charge in [-0.15, -0.1) is 11.3 Å². The van der Waals surface area contributed by atoms with Crippen molar-refractivity contribution in [1.29, 1.82) is 0 Å². The van der Waals surface area contributed by atoms with E-state index in [1.807, 2.05) is 24.3 Å². The van der Waals surface area contributed by atoms with Gasteiger partial charge in [0.2, 0.25) is 0 Å². The van der Waals surface area contributed by atoms with Gasteiger partial charge in [-0.25, -0.2) is 18.0 Å². The van der Waals surface area contributed by atoms with E-state index in [1.54, 1.807) is 12.3 Å². The molecule has 0 aliphatic carbocycles. The van der Waals surface area contributed by atoms with Crippen molar-refractivity contribution < 1.29 is 27.5 Å². The summed E-state index contributed by atoms with van der Waals surface area (Å²) < 4.78 is 45.8. The molecule has 0 atom stereocenters. The third-order valence-corrected chi connectivity index (χ3v) is 5.56. The van der Waals surface area contributed by atoms with Gasteiger partial charge in [0.05, 0.1) is 12.2 Å². The summed E-state index contributed by atoms with van der Waals surface area (Å²) in [6.07, 6.45) is 0. The standard InChI is InChI=1S/C23H20F3NO3S/c1-4-30-23(29)18-16(14-7-5-13(6-8-14)12(2)3)11-31-22(18)27-21(28)15-9-10-17(24)20(26)19(15)25/h5-12H,4H2,1-3H3,(H,27,28). The lowest BCUT2D eigenvalue weighted by atomic mass is 9.98. The average molecular weight is 447 g/mol. The smallest absolute Gasteiger partial charge is 0.341 e. The van der Waals surface area contributed by atoms with E-state index in [-0.39, 0.29) is 17.2 Å². The van der Waals surface area contributed by atoms with Gasteiger partial charge >= 0.3 is 5.97 Å². The fourth-order valence-electron chi connectivity index (χ4n) is 2.99. The van der Waals surface area contributed by atoms with Crippen LogP contribution in [0.15, 0.2) is 41.8 Å². The molecule has 0 unspecified atom stereocenters. The number of hydrogen-bond donors (Lipinski definition) is 1. The lowest BCUT2D eigenvalue weighted by molar-refractivity contribution is 0.0529. The van der Waals surface area contributed by atoms with Crippen LogP contribution in [0.2, 0.25) is 0 Å². The van der Waals surface area contributed by atoms with Gasteiger partial charge in [-0.1, -0.05) is 38.1 Å². The predicted molar refractivity (Wildman–Crippen MR) is 114 cm³/mol. The van der Waals surface area contributed by atoms with Crippen molar-refractivity contribution in [3.05, 3.63) is 75.9 Å². The van der Waals surface area contributed by atoms with Crippen LogP contribution in [0, 0.1) is 17.5 Å². The Morgan fingerprint density at radius 3 is 2.32 bits per heavy atom. The van der Waals surface area contributed by atoms with Crippen LogP contribution in [0.4, 0.5) is 18.2 Å². The van der Waals surface area contributed by atoms with Crippen LogP contribution in [0.5, 0.6) is 0 Å². The van der Waals surface area contributed by atoms with E-state index in [0.29, 0.717) is 17.5 Å². The van der Waals surface area contributed by atoms with Gasteiger partial charge in [0.15, 0.2) is 17.5 Å². The third kappa shape index (κ3) is 4.64. The van der Waals surface area contributed by atoms with Crippen LogP contribution in [-0.2, 0) is 4.74 Å². The SMILES string of the molecule is CCOC(=O)c1c(-c2ccc(C(C)C)cc2)csc1NC(=O)c1ccc(F)c(F)c1F. The zero-order valence-corrected chi connectivity index (χ0v) is 17.9. The van der Waals surface area contributed by atoms with Crippen LogP contribution in [-0.4, -0.2) is 18.5 Å². The molecule has 162 valence electrons. The molecule has 31 heavy (non-hydrogen) atoms. The number of nitrogens with one attached hydrogen (secondary N) is 1. The number of carbonyl (C=O) groups excluding carboxylic acids is 2. The van der Waals surface area contributed by atoms with Gasteiger partial charge in [0.1, 0.15) is 10.6 Å². The van der Waals surface area contributed by atoms with Gasteiger partial charge < -0.3 is 10.1 Å². The predicted octanol–water partition coefficient (Wildman–Crippen LogP) is 6.38. The Hall–Kier alpha value is -3.13. The van der Waals surface area contributed by atoms with Gasteiger partial charge in [-0.3, -0.25) is 4.79 Å². The molecule has 0 saturated carbocycles. The fraction of sp³-hybridized carbons (Fsp3) is 0.217. The summed E-state index contributed by atoms with van der Waals surface area (Å²) in [4.78, 5) is 25.1. The summed E-state index contributed by atoms with van der Waals surface area (Å²) in [6, 6.07) is 9.12. The van der Waals surface area contributed by atoms with E-state index in [0.717, 1.165) is 28.5 Å². The van der Waals surface area contributed by atoms with Crippen molar-refractivity contribution in [3.63, 3.8) is 0 Å². The zero-order valence-electron chi connectivity index (χ0n) is 17.1. The Balaban J connectivity index is 2.00. The van der Waals surface area contributed by atoms with Crippen LogP contribution < -0.4 is 5.32 Å². The van der Waals surface area contributed by atoms with Crippen molar-refractivity contribution >= 4 is 28.2 Å². The number of halogens is 3. The van der Waals surface area contributed by atoms with Gasteiger partial charge in [0, 0.05) is 10.9 Å². The monoisotopic (exact) mass is 447 g/mol. The van der Waals surface area contributed by atoms with E-state index >= 15 is 0 Å². The molecule has 0 aliphatic heterocycles. The van der Waals surface area contributed by atoms with Crippen LogP contribution in [0.3, 0.4) is 0 Å². The first-order valence-electron chi connectivity index (χ1n) is 9.58. The summed E-state index contributed by atoms with van der Waals surface area (Å²) >= 11 is 1.05. The number of benzene rings is 2. The largest absolute Gasteiger partial charge is 0.462 e. The Morgan fingerprint density at radius 1 is 1.03 bits per heavy atom. The number of thiophene rings is 1. The Labute approximate surface area is 181 Å². The first kappa shape index (κ1) is 22.6. The first-order valence-corrected chi connectivity index (χ1v) is 10.5. The zero-order chi connectivity index (χ0) is 22.7. The molecule has 0 bridgehead atoms. The number of esters is 1. The molecule has 2 aromatic carbocycles. The van der Waals surface area contributed by atoms with E-state index < -0.39 is 34.9 Å². The summed E-state index contributed by atoms with van der Waals surface area (Å²) in [5, 5.41) is 4.22. The molecule has 8 heteroatoms. The number of hydrogen-bond acceptors (Lipinski definition) is 4. The number of amides is 1. The normalized spacial score (nSPS) is 10.9. The van der Waals surface area contributed by atoms with E-state index in [2.05, 4.69) is 19.2 Å². The molecule has 1 N–H and O–H groups in total. The lowest BCUT2D eigenvalue weighted by Gasteiger charge is -2.10. The van der Waals surface area contributed by atoms with E-state index in [9.17, 15) is 22.8 Å². The minimum Gasteiger partial charge on any atom is -0.462 e. The molecule has 1 heterocycles. The van der Waals surface area contributed by atoms with E-state index in [4.69, 9.17) is 4.74 Å². The van der Waals surface area contributed by atoms with Crippen molar-refractivity contribution in [2.45, 2.75) is 26.7 Å². The van der Waals surface area contributed by atoms with Crippen LogP contribution in [0.1, 0.15) is 53.0 Å². The highest BCUT2D eigenvalue weighted by atomic mass is 32.1. The van der Waals surface area contributed by atoms with Crippen molar-refractivity contribution in [1.82, 2.24) is 0 Å². The highest BCUT2D eigenvalue weighted by molar-refractivity contribution is 7.15. The van der Waals surface area contributed by atoms with Crippen molar-refractivity contribution in [2.24, 2.45) is 0 Å². The second-order valence-corrected chi connectivity index (χ2v) is 7.91. The van der Waals surface area contributed by atoms with Crippen molar-refractivity contribution in [2.75, 3.05) is 11.9 Å². The molecule has 4 nitrogen and oxygen atoms in total. The molecule has 1 aromatic heterocycles. The molecule has 3 aromatic rings. The minimum absolute atomic E-state index is 0.112. The molecule has 1 amide bonds. The second kappa shape index (κ2) is 9.34. The Morgan fingerprint density at radius 2 is 1.71 bits per heavy atom. The maximum atomic E-state index is 14.0. The van der Waals surface area contributed by atoms with Gasteiger partial charge in [-0.2, -0.15) is 0 Å². The lowest BCUT2D eigenvalue weighted by Crippen LogP contribution is -2.17. The molecule has 0 spiro atoms. The summed E-state index contributed by atoms with van der Waals surface area (Å²) in [7, 11) is 0. The first-order chi connectivity index (χ1) is 14.7. The average Bonchev–Trinajstić information content (AvgIpc) is 3.15. The molecular weight excluding hydrogens is 427 g/mol. The molecule has 0 fully saturated rings. The Bertz CT molecular complexity index is 1120. The topological polar surface area (TPSA) is 55.4 Å². The minimum atomic E-state index is -1.74.